The van der Waals surface area contributed by atoms with Crippen LogP contribution >= 0.6 is 0 Å². The predicted molar refractivity (Wildman–Crippen MR) is 54.6 cm³/mol. The molecule has 1 aromatic heterocycles. The van der Waals surface area contributed by atoms with Gasteiger partial charge in [-0.3, -0.25) is 0 Å². The highest BCUT2D eigenvalue weighted by Crippen LogP contribution is 2.16. The Bertz CT molecular complexity index is 426. The summed E-state index contributed by atoms with van der Waals surface area (Å²) >= 11 is 0. The van der Waals surface area contributed by atoms with E-state index in [1.807, 2.05) is 0 Å². The molecular weight excluding hydrogens is 226 g/mol. The number of carbonyl (C=O) groups is 1. The molecule has 2 atom stereocenters. The molecule has 7 heteroatoms. The summed E-state index contributed by atoms with van der Waals surface area (Å²) in [6, 6.07) is 1.73. The minimum absolute atomic E-state index is 0.141. The minimum atomic E-state index is -1.26. The van der Waals surface area contributed by atoms with Gasteiger partial charge in [0.05, 0.1) is 25.7 Å². The maximum atomic E-state index is 11.0. The molecule has 0 saturated carbocycles. The lowest BCUT2D eigenvalue weighted by Gasteiger charge is -2.14. The second kappa shape index (κ2) is 5.89. The van der Waals surface area contributed by atoms with E-state index in [-0.39, 0.29) is 17.8 Å². The van der Waals surface area contributed by atoms with Crippen molar-refractivity contribution in [3.8, 4) is 6.07 Å². The van der Waals surface area contributed by atoms with Crippen LogP contribution in [-0.2, 0) is 4.74 Å². The summed E-state index contributed by atoms with van der Waals surface area (Å²) in [7, 11) is 1.20. The van der Waals surface area contributed by atoms with Crippen molar-refractivity contribution in [2.24, 2.45) is 0 Å². The first-order valence-electron chi connectivity index (χ1n) is 4.73. The molecular formula is C10H11N3O4. The highest BCUT2D eigenvalue weighted by Gasteiger charge is 2.19. The van der Waals surface area contributed by atoms with Crippen molar-refractivity contribution in [3.05, 3.63) is 23.8 Å². The number of carbonyl (C=O) groups excluding carboxylic acids is 1. The zero-order valence-corrected chi connectivity index (χ0v) is 9.07. The number of aliphatic hydroxyl groups excluding tert-OH is 2. The lowest BCUT2D eigenvalue weighted by atomic mass is 10.1. The van der Waals surface area contributed by atoms with E-state index < -0.39 is 18.2 Å². The third kappa shape index (κ3) is 3.21. The van der Waals surface area contributed by atoms with Crippen LogP contribution in [0.1, 0.15) is 28.7 Å². The van der Waals surface area contributed by atoms with E-state index in [0.29, 0.717) is 0 Å². The summed E-state index contributed by atoms with van der Waals surface area (Å²) in [5, 5.41) is 27.4. The van der Waals surface area contributed by atoms with E-state index in [1.165, 1.54) is 19.5 Å². The number of ether oxygens (including phenoxy) is 1. The van der Waals surface area contributed by atoms with Crippen LogP contribution in [-0.4, -0.2) is 39.4 Å². The van der Waals surface area contributed by atoms with Crippen LogP contribution in [0, 0.1) is 11.3 Å². The summed E-state index contributed by atoms with van der Waals surface area (Å²) in [6.45, 7) is 0. The predicted octanol–water partition coefficient (Wildman–Crippen LogP) is -0.429. The number of rotatable bonds is 4. The van der Waals surface area contributed by atoms with Crippen LogP contribution in [0.3, 0.4) is 0 Å². The van der Waals surface area contributed by atoms with Crippen LogP contribution in [0.4, 0.5) is 0 Å². The quantitative estimate of drug-likeness (QED) is 0.682. The molecule has 0 aliphatic rings. The summed E-state index contributed by atoms with van der Waals surface area (Å²) in [5.41, 5.74) is 0.223. The number of nitriles is 1. The van der Waals surface area contributed by atoms with E-state index in [9.17, 15) is 15.0 Å². The van der Waals surface area contributed by atoms with Crippen molar-refractivity contribution in [2.45, 2.75) is 18.6 Å². The summed E-state index contributed by atoms with van der Waals surface area (Å²) < 4.78 is 4.40. The van der Waals surface area contributed by atoms with E-state index in [0.717, 1.165) is 0 Å². The summed E-state index contributed by atoms with van der Waals surface area (Å²) in [6.07, 6.45) is -0.288. The number of esters is 1. The first-order valence-corrected chi connectivity index (χ1v) is 4.73. The number of nitrogens with zero attached hydrogens (tertiary/aromatic N) is 3. The Morgan fingerprint density at radius 1 is 1.53 bits per heavy atom. The van der Waals surface area contributed by atoms with Gasteiger partial charge in [0, 0.05) is 18.0 Å². The van der Waals surface area contributed by atoms with Crippen molar-refractivity contribution in [1.29, 1.82) is 5.26 Å². The Morgan fingerprint density at radius 3 is 2.59 bits per heavy atom. The van der Waals surface area contributed by atoms with Gasteiger partial charge in [-0.15, -0.1) is 0 Å². The molecule has 0 fully saturated rings. The van der Waals surface area contributed by atoms with Crippen LogP contribution in [0.15, 0.2) is 12.4 Å². The molecule has 0 saturated heterocycles. The van der Waals surface area contributed by atoms with Gasteiger partial charge in [-0.25, -0.2) is 14.8 Å². The number of aliphatic hydroxyl groups is 2. The highest BCUT2D eigenvalue weighted by molar-refractivity contribution is 5.84. The lowest BCUT2D eigenvalue weighted by Crippen LogP contribution is -2.18. The van der Waals surface area contributed by atoms with Crippen molar-refractivity contribution in [1.82, 2.24) is 9.97 Å². The van der Waals surface area contributed by atoms with Gasteiger partial charge in [0.15, 0.2) is 0 Å². The Hall–Kier alpha value is -2.04. The van der Waals surface area contributed by atoms with Crippen molar-refractivity contribution < 1.29 is 19.7 Å². The maximum Gasteiger partial charge on any atom is 0.376 e. The largest absolute Gasteiger partial charge is 0.463 e. The number of aromatic nitrogens is 2. The summed E-state index contributed by atoms with van der Waals surface area (Å²) in [4.78, 5) is 18.4. The molecule has 0 aromatic carbocycles. The van der Waals surface area contributed by atoms with Gasteiger partial charge in [0.25, 0.3) is 0 Å². The van der Waals surface area contributed by atoms with E-state index in [1.54, 1.807) is 6.07 Å². The van der Waals surface area contributed by atoms with Gasteiger partial charge in [-0.2, -0.15) is 5.26 Å². The molecule has 1 heterocycles. The Morgan fingerprint density at radius 2 is 2.12 bits per heavy atom. The van der Waals surface area contributed by atoms with Crippen molar-refractivity contribution in [3.63, 3.8) is 0 Å². The highest BCUT2D eigenvalue weighted by atomic mass is 16.5. The molecule has 2 N–H and O–H groups in total. The van der Waals surface area contributed by atoms with Crippen molar-refractivity contribution >= 4 is 5.97 Å². The number of hydrogen-bond donors (Lipinski definition) is 2. The second-order valence-corrected chi connectivity index (χ2v) is 3.21. The van der Waals surface area contributed by atoms with Gasteiger partial charge in [0.2, 0.25) is 5.82 Å². The fraction of sp³-hybridized carbons (Fsp3) is 0.400. The van der Waals surface area contributed by atoms with Gasteiger partial charge in [-0.05, 0) is 0 Å². The third-order valence-corrected chi connectivity index (χ3v) is 2.05. The van der Waals surface area contributed by atoms with Crippen LogP contribution in [0.25, 0.3) is 0 Å². The third-order valence-electron chi connectivity index (χ3n) is 2.05. The average molecular weight is 237 g/mol. The smallest absolute Gasteiger partial charge is 0.376 e. The van der Waals surface area contributed by atoms with E-state index >= 15 is 0 Å². The van der Waals surface area contributed by atoms with Crippen LogP contribution < -0.4 is 0 Å². The molecule has 0 aliphatic carbocycles. The maximum absolute atomic E-state index is 11.0. The normalized spacial score (nSPS) is 13.5. The molecule has 0 radical (unpaired) electrons. The SMILES string of the molecule is COC(=O)c1ncc(C(O)C(O)CC#N)cn1. The Balaban J connectivity index is 2.81. The lowest BCUT2D eigenvalue weighted by molar-refractivity contribution is 0.0211. The topological polar surface area (TPSA) is 116 Å². The monoisotopic (exact) mass is 237 g/mol. The fourth-order valence-corrected chi connectivity index (χ4v) is 1.11. The van der Waals surface area contributed by atoms with Crippen molar-refractivity contribution in [2.75, 3.05) is 7.11 Å². The first-order chi connectivity index (χ1) is 8.10. The molecule has 17 heavy (non-hydrogen) atoms. The molecule has 0 amide bonds. The zero-order chi connectivity index (χ0) is 12.8. The Kier molecular flexibility index (Phi) is 4.51. The molecule has 1 aromatic rings. The zero-order valence-electron chi connectivity index (χ0n) is 9.07. The molecule has 0 bridgehead atoms. The number of hydrogen-bond acceptors (Lipinski definition) is 7. The van der Waals surface area contributed by atoms with E-state index in [2.05, 4.69) is 14.7 Å². The molecule has 0 spiro atoms. The van der Waals surface area contributed by atoms with Gasteiger partial charge in [-0.1, -0.05) is 0 Å². The van der Waals surface area contributed by atoms with Crippen LogP contribution in [0.2, 0.25) is 0 Å². The first kappa shape index (κ1) is 13.0. The minimum Gasteiger partial charge on any atom is -0.463 e. The molecule has 1 rings (SSSR count). The molecule has 7 nitrogen and oxygen atoms in total. The molecule has 2 unspecified atom stereocenters. The Labute approximate surface area is 97.3 Å². The molecule has 90 valence electrons. The average Bonchev–Trinajstić information content (AvgIpc) is 2.37. The summed E-state index contributed by atoms with van der Waals surface area (Å²) in [5.74, 6) is -0.832. The fourth-order valence-electron chi connectivity index (χ4n) is 1.11. The van der Waals surface area contributed by atoms with Gasteiger partial charge < -0.3 is 14.9 Å². The van der Waals surface area contributed by atoms with Gasteiger partial charge in [0.1, 0.15) is 6.10 Å². The second-order valence-electron chi connectivity index (χ2n) is 3.21. The van der Waals surface area contributed by atoms with E-state index in [4.69, 9.17) is 5.26 Å². The molecule has 0 aliphatic heterocycles. The number of methoxy groups -OCH3 is 1. The van der Waals surface area contributed by atoms with Gasteiger partial charge >= 0.3 is 5.97 Å². The standard InChI is InChI=1S/C10H11N3O4/c1-17-10(16)9-12-4-6(5-13-9)8(15)7(14)2-3-11/h4-5,7-8,14-15H,2H2,1H3. The van der Waals surface area contributed by atoms with Crippen LogP contribution in [0.5, 0.6) is 0 Å².